The zero-order chi connectivity index (χ0) is 16.3. The highest BCUT2D eigenvalue weighted by Gasteiger charge is 2.50. The molecule has 4 heterocycles. The molecule has 1 aliphatic carbocycles. The maximum atomic E-state index is 12.3. The third-order valence-electron chi connectivity index (χ3n) is 5.59. The highest BCUT2D eigenvalue weighted by molar-refractivity contribution is 7.18. The number of thiophene rings is 1. The van der Waals surface area contributed by atoms with Crippen LogP contribution < -0.4 is 4.90 Å². The number of amides is 1. The molecule has 0 bridgehead atoms. The smallest absolute Gasteiger partial charge is 0.410 e. The average molecular weight is 344 g/mol. The number of ether oxygens (including phenoxy) is 1. The summed E-state index contributed by atoms with van der Waals surface area (Å²) in [6.07, 6.45) is 6.15. The summed E-state index contributed by atoms with van der Waals surface area (Å²) in [5.41, 5.74) is 2.23. The maximum absolute atomic E-state index is 12.3. The fraction of sp³-hybridized carbons (Fsp3) is 0.588. The van der Waals surface area contributed by atoms with Crippen molar-refractivity contribution in [3.8, 4) is 0 Å². The van der Waals surface area contributed by atoms with Gasteiger partial charge in [-0.2, -0.15) is 0 Å². The van der Waals surface area contributed by atoms with Crippen LogP contribution in [0.15, 0.2) is 11.7 Å². The Bertz CT molecular complexity index is 801. The minimum absolute atomic E-state index is 0.0378. The minimum atomic E-state index is -0.114. The van der Waals surface area contributed by atoms with E-state index in [0.29, 0.717) is 6.04 Å². The molecule has 126 valence electrons. The average Bonchev–Trinajstić information content (AvgIpc) is 3.32. The van der Waals surface area contributed by atoms with Crippen LogP contribution in [0.5, 0.6) is 0 Å². The topological polar surface area (TPSA) is 58.6 Å². The van der Waals surface area contributed by atoms with Crippen LogP contribution in [-0.4, -0.2) is 52.2 Å². The lowest BCUT2D eigenvalue weighted by Gasteiger charge is -2.28. The number of nitrogens with zero attached hydrogens (tertiary/aromatic N) is 4. The Labute approximate surface area is 144 Å². The van der Waals surface area contributed by atoms with Crippen molar-refractivity contribution in [3.05, 3.63) is 17.3 Å². The Morgan fingerprint density at radius 3 is 2.92 bits per heavy atom. The maximum Gasteiger partial charge on any atom is 0.410 e. The van der Waals surface area contributed by atoms with E-state index in [4.69, 9.17) is 4.74 Å². The van der Waals surface area contributed by atoms with Gasteiger partial charge in [-0.3, -0.25) is 4.90 Å². The predicted octanol–water partition coefficient (Wildman–Crippen LogP) is 2.95. The number of hydrogen-bond acceptors (Lipinski definition) is 6. The van der Waals surface area contributed by atoms with Gasteiger partial charge in [-0.15, -0.1) is 11.3 Å². The van der Waals surface area contributed by atoms with E-state index in [0.717, 1.165) is 42.0 Å². The third-order valence-corrected chi connectivity index (χ3v) is 6.67. The molecule has 6 nitrogen and oxygen atoms in total. The first-order valence-electron chi connectivity index (χ1n) is 8.65. The molecule has 2 atom stereocenters. The summed E-state index contributed by atoms with van der Waals surface area (Å²) < 4.78 is 6.82. The largest absolute Gasteiger partial charge is 0.442 e. The molecular weight excluding hydrogens is 324 g/mol. The van der Waals surface area contributed by atoms with E-state index in [1.54, 1.807) is 17.7 Å². The Morgan fingerprint density at radius 2 is 2.08 bits per heavy atom. The number of fused-ring (bicyclic) bond motifs is 2. The normalized spacial score (nSPS) is 27.3. The highest BCUT2D eigenvalue weighted by Crippen LogP contribution is 2.38. The summed E-state index contributed by atoms with van der Waals surface area (Å²) in [6.45, 7) is 3.61. The molecule has 0 radical (unpaired) electrons. The van der Waals surface area contributed by atoms with E-state index in [1.807, 2.05) is 4.90 Å². The zero-order valence-electron chi connectivity index (χ0n) is 13.6. The molecule has 7 heteroatoms. The fourth-order valence-electron chi connectivity index (χ4n) is 4.42. The summed E-state index contributed by atoms with van der Waals surface area (Å²) in [7, 11) is 0. The summed E-state index contributed by atoms with van der Waals surface area (Å²) in [5, 5.41) is 2.13. The Morgan fingerprint density at radius 1 is 1.25 bits per heavy atom. The standard InChI is InChI=1S/C17H20N4O2S/c1-10-8-24-15-14(10)18-9-19-16(15)20-6-12-13(7-20)23-17(22)21(12)11-4-2-3-5-11/h8-9,11-13H,2-7H2,1H3/t12-,13+/m0/s1. The molecular formula is C17H20N4O2S. The van der Waals surface area contributed by atoms with E-state index >= 15 is 0 Å². The monoisotopic (exact) mass is 344 g/mol. The molecule has 24 heavy (non-hydrogen) atoms. The number of aromatic nitrogens is 2. The van der Waals surface area contributed by atoms with Gasteiger partial charge in [-0.1, -0.05) is 12.8 Å². The van der Waals surface area contributed by atoms with Gasteiger partial charge in [0.15, 0.2) is 0 Å². The van der Waals surface area contributed by atoms with Crippen LogP contribution in [0.3, 0.4) is 0 Å². The molecule has 1 saturated carbocycles. The van der Waals surface area contributed by atoms with E-state index in [1.165, 1.54) is 18.4 Å². The van der Waals surface area contributed by atoms with Crippen LogP contribution in [0.4, 0.5) is 10.6 Å². The van der Waals surface area contributed by atoms with Crippen LogP contribution in [0.2, 0.25) is 0 Å². The molecule has 2 aliphatic heterocycles. The van der Waals surface area contributed by atoms with Crippen LogP contribution in [0, 0.1) is 6.92 Å². The third kappa shape index (κ3) is 2.03. The first-order chi connectivity index (χ1) is 11.7. The second-order valence-corrected chi connectivity index (χ2v) is 7.91. The number of carbonyl (C=O) groups is 1. The van der Waals surface area contributed by atoms with Crippen molar-refractivity contribution < 1.29 is 9.53 Å². The van der Waals surface area contributed by atoms with Gasteiger partial charge in [-0.25, -0.2) is 14.8 Å². The Balaban J connectivity index is 1.45. The lowest BCUT2D eigenvalue weighted by atomic mass is 10.1. The van der Waals surface area contributed by atoms with Crippen molar-refractivity contribution in [2.75, 3.05) is 18.0 Å². The minimum Gasteiger partial charge on any atom is -0.442 e. The summed E-state index contributed by atoms with van der Waals surface area (Å²) in [5.74, 6) is 0.981. The summed E-state index contributed by atoms with van der Waals surface area (Å²) in [4.78, 5) is 25.5. The predicted molar refractivity (Wildman–Crippen MR) is 92.5 cm³/mol. The fourth-order valence-corrected chi connectivity index (χ4v) is 5.44. The quantitative estimate of drug-likeness (QED) is 0.838. The molecule has 2 saturated heterocycles. The molecule has 2 aromatic rings. The van der Waals surface area contributed by atoms with Gasteiger partial charge in [0.25, 0.3) is 0 Å². The lowest BCUT2D eigenvalue weighted by Crippen LogP contribution is -2.43. The zero-order valence-corrected chi connectivity index (χ0v) is 14.5. The number of hydrogen-bond donors (Lipinski definition) is 0. The van der Waals surface area contributed by atoms with E-state index in [9.17, 15) is 4.79 Å². The van der Waals surface area contributed by atoms with Gasteiger partial charge < -0.3 is 9.64 Å². The van der Waals surface area contributed by atoms with Crippen molar-refractivity contribution in [3.63, 3.8) is 0 Å². The van der Waals surface area contributed by atoms with Crippen molar-refractivity contribution in [2.24, 2.45) is 0 Å². The van der Waals surface area contributed by atoms with Crippen molar-refractivity contribution in [1.29, 1.82) is 0 Å². The van der Waals surface area contributed by atoms with Crippen LogP contribution in [0.25, 0.3) is 10.2 Å². The van der Waals surface area contributed by atoms with Crippen LogP contribution in [0.1, 0.15) is 31.2 Å². The van der Waals surface area contributed by atoms with Gasteiger partial charge >= 0.3 is 6.09 Å². The molecule has 0 aromatic carbocycles. The SMILES string of the molecule is Cc1csc2c(N3C[C@H]4OC(=O)N(C5CCCC5)[C@H]4C3)ncnc12. The van der Waals surface area contributed by atoms with Crippen LogP contribution >= 0.6 is 11.3 Å². The Hall–Kier alpha value is -1.89. The van der Waals surface area contributed by atoms with Crippen molar-refractivity contribution in [1.82, 2.24) is 14.9 Å². The number of anilines is 1. The molecule has 3 fully saturated rings. The van der Waals surface area contributed by atoms with Crippen molar-refractivity contribution in [2.45, 2.75) is 50.8 Å². The first kappa shape index (κ1) is 14.5. The number of rotatable bonds is 2. The lowest BCUT2D eigenvalue weighted by molar-refractivity contribution is 0.130. The van der Waals surface area contributed by atoms with Gasteiger partial charge in [-0.05, 0) is 30.7 Å². The van der Waals surface area contributed by atoms with Crippen LogP contribution in [-0.2, 0) is 4.74 Å². The van der Waals surface area contributed by atoms with E-state index in [2.05, 4.69) is 27.2 Å². The molecule has 5 rings (SSSR count). The Kier molecular flexibility index (Phi) is 3.20. The molecule has 2 aromatic heterocycles. The van der Waals surface area contributed by atoms with E-state index in [-0.39, 0.29) is 18.2 Å². The van der Waals surface area contributed by atoms with Crippen molar-refractivity contribution >= 4 is 33.5 Å². The summed E-state index contributed by atoms with van der Waals surface area (Å²) >= 11 is 1.69. The number of aryl methyl sites for hydroxylation is 1. The van der Waals surface area contributed by atoms with Gasteiger partial charge in [0.1, 0.15) is 18.2 Å². The first-order valence-corrected chi connectivity index (χ1v) is 9.53. The van der Waals surface area contributed by atoms with E-state index < -0.39 is 0 Å². The van der Waals surface area contributed by atoms with Gasteiger partial charge in [0.2, 0.25) is 0 Å². The molecule has 1 amide bonds. The second-order valence-electron chi connectivity index (χ2n) is 7.03. The molecule has 0 spiro atoms. The number of carbonyl (C=O) groups excluding carboxylic acids is 1. The van der Waals surface area contributed by atoms with Gasteiger partial charge in [0.05, 0.1) is 22.8 Å². The molecule has 0 N–H and O–H groups in total. The summed E-state index contributed by atoms with van der Waals surface area (Å²) in [6, 6.07) is 0.522. The second kappa shape index (κ2) is 5.31. The molecule has 0 unspecified atom stereocenters. The van der Waals surface area contributed by atoms with Gasteiger partial charge in [0, 0.05) is 12.6 Å². The highest BCUT2D eigenvalue weighted by atomic mass is 32.1. The molecule has 3 aliphatic rings.